The Balaban J connectivity index is 1.63. The third-order valence-corrected chi connectivity index (χ3v) is 4.64. The van der Waals surface area contributed by atoms with E-state index in [1.165, 1.54) is 37.1 Å². The minimum absolute atomic E-state index is 0.0242. The zero-order chi connectivity index (χ0) is 15.0. The normalized spacial score (nSPS) is 28.3. The summed E-state index contributed by atoms with van der Waals surface area (Å²) in [5.41, 5.74) is 0.343. The number of nitro groups is 1. The van der Waals surface area contributed by atoms with Gasteiger partial charge in [-0.1, -0.05) is 0 Å². The Kier molecular flexibility index (Phi) is 3.63. The predicted molar refractivity (Wildman–Crippen MR) is 76.1 cm³/mol. The molecule has 2 bridgehead atoms. The van der Waals surface area contributed by atoms with Gasteiger partial charge in [-0.15, -0.1) is 0 Å². The van der Waals surface area contributed by atoms with E-state index in [1.807, 2.05) is 0 Å². The van der Waals surface area contributed by atoms with Crippen molar-refractivity contribution in [2.45, 2.75) is 43.9 Å². The quantitative estimate of drug-likeness (QED) is 0.485. The van der Waals surface area contributed by atoms with Crippen LogP contribution in [0.3, 0.4) is 0 Å². The molecule has 6 heteroatoms. The summed E-state index contributed by atoms with van der Waals surface area (Å²) in [5, 5.41) is 10.6. The van der Waals surface area contributed by atoms with Crippen LogP contribution in [0.2, 0.25) is 0 Å². The topological polar surface area (TPSA) is 72.7 Å². The van der Waals surface area contributed by atoms with Crippen LogP contribution in [0.5, 0.6) is 0 Å². The summed E-state index contributed by atoms with van der Waals surface area (Å²) >= 11 is 0. The Morgan fingerprint density at radius 3 is 2.33 bits per heavy atom. The van der Waals surface area contributed by atoms with Crippen LogP contribution in [0, 0.1) is 10.1 Å². The molecule has 2 heterocycles. The Morgan fingerprint density at radius 1 is 1.24 bits per heavy atom. The van der Waals surface area contributed by atoms with Crippen LogP contribution in [-0.2, 0) is 4.74 Å². The van der Waals surface area contributed by atoms with Gasteiger partial charge >= 0.3 is 5.97 Å². The van der Waals surface area contributed by atoms with E-state index in [9.17, 15) is 14.9 Å². The van der Waals surface area contributed by atoms with Gasteiger partial charge in [0.15, 0.2) is 0 Å². The second-order valence-electron chi connectivity index (χ2n) is 5.85. The van der Waals surface area contributed by atoms with Crippen LogP contribution in [0.15, 0.2) is 24.3 Å². The number of non-ortho nitro benzene ring substituents is 1. The number of carbonyl (C=O) groups excluding carboxylic acids is 1. The molecule has 0 saturated carbocycles. The number of nitro benzene ring substituents is 1. The number of piperidine rings is 1. The zero-order valence-corrected chi connectivity index (χ0v) is 11.9. The van der Waals surface area contributed by atoms with Crippen LogP contribution < -0.4 is 0 Å². The van der Waals surface area contributed by atoms with Crippen LogP contribution >= 0.6 is 0 Å². The Morgan fingerprint density at radius 2 is 1.81 bits per heavy atom. The molecule has 1 aromatic carbocycles. The van der Waals surface area contributed by atoms with Crippen LogP contribution in [-0.4, -0.2) is 41.0 Å². The van der Waals surface area contributed by atoms with E-state index in [2.05, 4.69) is 11.9 Å². The lowest BCUT2D eigenvalue weighted by atomic mass is 10.0. The first-order valence-electron chi connectivity index (χ1n) is 7.22. The highest BCUT2D eigenvalue weighted by Crippen LogP contribution is 2.35. The van der Waals surface area contributed by atoms with Crippen molar-refractivity contribution in [2.75, 3.05) is 7.05 Å². The molecule has 0 aromatic heterocycles. The van der Waals surface area contributed by atoms with E-state index in [-0.39, 0.29) is 17.8 Å². The number of nitrogens with zero attached hydrogens (tertiary/aromatic N) is 2. The van der Waals surface area contributed by atoms with Gasteiger partial charge in [0.2, 0.25) is 0 Å². The van der Waals surface area contributed by atoms with Gasteiger partial charge < -0.3 is 9.64 Å². The van der Waals surface area contributed by atoms with Crippen LogP contribution in [0.25, 0.3) is 0 Å². The summed E-state index contributed by atoms with van der Waals surface area (Å²) in [4.78, 5) is 24.6. The first-order chi connectivity index (χ1) is 10.0. The number of benzene rings is 1. The number of rotatable bonds is 3. The maximum atomic E-state index is 12.1. The molecule has 2 fully saturated rings. The fourth-order valence-corrected chi connectivity index (χ4v) is 3.40. The molecule has 2 saturated heterocycles. The monoisotopic (exact) mass is 290 g/mol. The van der Waals surface area contributed by atoms with Crippen LogP contribution in [0.1, 0.15) is 36.0 Å². The maximum Gasteiger partial charge on any atom is 0.338 e. The highest BCUT2D eigenvalue weighted by molar-refractivity contribution is 5.89. The average Bonchev–Trinajstić information content (AvgIpc) is 2.69. The molecule has 2 aliphatic rings. The van der Waals surface area contributed by atoms with Crippen molar-refractivity contribution in [3.63, 3.8) is 0 Å². The van der Waals surface area contributed by atoms with Gasteiger partial charge in [-0.05, 0) is 32.0 Å². The molecule has 6 nitrogen and oxygen atoms in total. The molecule has 112 valence electrons. The predicted octanol–water partition coefficient (Wildman–Crippen LogP) is 2.38. The van der Waals surface area contributed by atoms with Gasteiger partial charge in [0.1, 0.15) is 6.10 Å². The fraction of sp³-hybridized carbons (Fsp3) is 0.533. The number of hydrogen-bond donors (Lipinski definition) is 0. The third kappa shape index (κ3) is 2.76. The van der Waals surface area contributed by atoms with E-state index in [4.69, 9.17) is 4.74 Å². The van der Waals surface area contributed by atoms with E-state index >= 15 is 0 Å². The minimum atomic E-state index is -0.482. The molecular formula is C15H18N2O4. The number of fused-ring (bicyclic) bond motifs is 2. The molecule has 21 heavy (non-hydrogen) atoms. The molecule has 0 spiro atoms. The molecule has 0 amide bonds. The van der Waals surface area contributed by atoms with Crippen molar-refractivity contribution >= 4 is 11.7 Å². The molecule has 0 radical (unpaired) electrons. The maximum absolute atomic E-state index is 12.1. The highest BCUT2D eigenvalue weighted by atomic mass is 16.6. The lowest BCUT2D eigenvalue weighted by Gasteiger charge is -2.35. The van der Waals surface area contributed by atoms with Crippen molar-refractivity contribution < 1.29 is 14.5 Å². The van der Waals surface area contributed by atoms with Crippen molar-refractivity contribution in [2.24, 2.45) is 0 Å². The third-order valence-electron chi connectivity index (χ3n) is 4.64. The Bertz CT molecular complexity index is 543. The van der Waals surface area contributed by atoms with Crippen molar-refractivity contribution in [3.8, 4) is 0 Å². The summed E-state index contributed by atoms with van der Waals surface area (Å²) in [6.45, 7) is 0. The van der Waals surface area contributed by atoms with Gasteiger partial charge in [0.25, 0.3) is 5.69 Å². The number of carbonyl (C=O) groups is 1. The molecule has 2 aliphatic heterocycles. The smallest absolute Gasteiger partial charge is 0.338 e. The number of hydrogen-bond acceptors (Lipinski definition) is 5. The van der Waals surface area contributed by atoms with E-state index in [1.54, 1.807) is 0 Å². The summed E-state index contributed by atoms with van der Waals surface area (Å²) in [6.07, 6.45) is 4.07. The molecule has 3 rings (SSSR count). The van der Waals surface area contributed by atoms with Crippen molar-refractivity contribution in [1.29, 1.82) is 0 Å². The van der Waals surface area contributed by atoms with Gasteiger partial charge in [-0.2, -0.15) is 0 Å². The summed E-state index contributed by atoms with van der Waals surface area (Å²) in [5.74, 6) is -0.390. The van der Waals surface area contributed by atoms with Crippen molar-refractivity contribution in [1.82, 2.24) is 4.90 Å². The molecule has 0 unspecified atom stereocenters. The van der Waals surface area contributed by atoms with Crippen molar-refractivity contribution in [3.05, 3.63) is 39.9 Å². The highest BCUT2D eigenvalue weighted by Gasteiger charge is 2.39. The standard InChI is InChI=1S/C15H18N2O4/c1-16-12-6-7-13(16)9-14(8-12)21-15(18)10-2-4-11(5-3-10)17(19)20/h2-5,12-14H,6-9H2,1H3/t12-,13-/m0/s1. The fourth-order valence-electron chi connectivity index (χ4n) is 3.40. The Hall–Kier alpha value is -1.95. The lowest BCUT2D eigenvalue weighted by molar-refractivity contribution is -0.384. The van der Waals surface area contributed by atoms with Crippen LogP contribution in [0.4, 0.5) is 5.69 Å². The van der Waals surface area contributed by atoms with Gasteiger partial charge in [0, 0.05) is 37.1 Å². The second-order valence-corrected chi connectivity index (χ2v) is 5.85. The molecule has 1 aromatic rings. The summed E-state index contributed by atoms with van der Waals surface area (Å²) in [6, 6.07) is 6.58. The minimum Gasteiger partial charge on any atom is -0.459 e. The molecule has 0 aliphatic carbocycles. The van der Waals surface area contributed by atoms with Gasteiger partial charge in [-0.25, -0.2) is 4.79 Å². The zero-order valence-electron chi connectivity index (χ0n) is 11.9. The van der Waals surface area contributed by atoms with E-state index in [0.29, 0.717) is 17.6 Å². The second kappa shape index (κ2) is 5.44. The molecular weight excluding hydrogens is 272 g/mol. The molecule has 0 N–H and O–H groups in total. The first kappa shape index (κ1) is 14.0. The SMILES string of the molecule is CN1[C@H]2CC[C@H]1CC(OC(=O)c1ccc([N+](=O)[O-])cc1)C2. The Labute approximate surface area is 122 Å². The average molecular weight is 290 g/mol. The lowest BCUT2D eigenvalue weighted by Crippen LogP contribution is -2.43. The number of esters is 1. The summed E-state index contributed by atoms with van der Waals surface area (Å²) in [7, 11) is 2.14. The largest absolute Gasteiger partial charge is 0.459 e. The van der Waals surface area contributed by atoms with Gasteiger partial charge in [0.05, 0.1) is 10.5 Å². The van der Waals surface area contributed by atoms with Gasteiger partial charge in [-0.3, -0.25) is 10.1 Å². The number of ether oxygens (including phenoxy) is 1. The van der Waals surface area contributed by atoms with E-state index in [0.717, 1.165) is 12.8 Å². The van der Waals surface area contributed by atoms with E-state index < -0.39 is 4.92 Å². The first-order valence-corrected chi connectivity index (χ1v) is 7.22. The summed E-state index contributed by atoms with van der Waals surface area (Å²) < 4.78 is 5.57. The molecule has 2 atom stereocenters.